The van der Waals surface area contributed by atoms with Crippen LogP contribution in [0.1, 0.15) is 49.3 Å². The van der Waals surface area contributed by atoms with E-state index in [0.717, 1.165) is 12.0 Å². The summed E-state index contributed by atoms with van der Waals surface area (Å²) in [4.78, 5) is 0. The van der Waals surface area contributed by atoms with Crippen molar-refractivity contribution in [2.45, 2.75) is 57.9 Å². The van der Waals surface area contributed by atoms with Crippen LogP contribution in [0.2, 0.25) is 0 Å². The van der Waals surface area contributed by atoms with Gasteiger partial charge in [-0.15, -0.1) is 0 Å². The van der Waals surface area contributed by atoms with E-state index < -0.39 is 0 Å². The lowest BCUT2D eigenvalue weighted by Gasteiger charge is -2.16. The fourth-order valence-corrected chi connectivity index (χ4v) is 3.07. The molecule has 0 aliphatic heterocycles. The lowest BCUT2D eigenvalue weighted by atomic mass is 9.94. The summed E-state index contributed by atoms with van der Waals surface area (Å²) in [5, 5.41) is 3.68. The van der Waals surface area contributed by atoms with E-state index in [2.05, 4.69) is 30.4 Å². The number of hydrogen-bond donors (Lipinski definition) is 1. The van der Waals surface area contributed by atoms with Gasteiger partial charge in [0.2, 0.25) is 0 Å². The van der Waals surface area contributed by atoms with Gasteiger partial charge in [-0.2, -0.15) is 0 Å². The molecule has 0 amide bonds. The molecule has 1 aromatic rings. The first-order valence-electron chi connectivity index (χ1n) is 7.69. The summed E-state index contributed by atoms with van der Waals surface area (Å²) >= 11 is 0. The third kappa shape index (κ3) is 2.95. The summed E-state index contributed by atoms with van der Waals surface area (Å²) in [5.74, 6) is 0.810. The van der Waals surface area contributed by atoms with Crippen LogP contribution in [0.3, 0.4) is 0 Å². The predicted molar refractivity (Wildman–Crippen MR) is 77.0 cm³/mol. The zero-order chi connectivity index (χ0) is 12.4. The molecule has 1 saturated carbocycles. The molecule has 1 fully saturated rings. The maximum Gasteiger partial charge on any atom is 0.00683 e. The first-order chi connectivity index (χ1) is 8.85. The summed E-state index contributed by atoms with van der Waals surface area (Å²) in [7, 11) is 0. The van der Waals surface area contributed by atoms with Gasteiger partial charge in [0.25, 0.3) is 0 Å². The SMILES string of the molecule is CCC(CNC1CC1)Cc1ccc2c(c1)CCC2. The Morgan fingerprint density at radius 3 is 2.83 bits per heavy atom. The number of fused-ring (bicyclic) bond motifs is 1. The molecule has 0 radical (unpaired) electrons. The maximum absolute atomic E-state index is 3.68. The highest BCUT2D eigenvalue weighted by Gasteiger charge is 2.21. The molecule has 2 aliphatic rings. The van der Waals surface area contributed by atoms with Crippen LogP contribution in [-0.4, -0.2) is 12.6 Å². The molecule has 18 heavy (non-hydrogen) atoms. The van der Waals surface area contributed by atoms with Crippen molar-refractivity contribution in [2.75, 3.05) is 6.54 Å². The van der Waals surface area contributed by atoms with Crippen LogP contribution >= 0.6 is 0 Å². The van der Waals surface area contributed by atoms with E-state index in [-0.39, 0.29) is 0 Å². The van der Waals surface area contributed by atoms with Crippen molar-refractivity contribution < 1.29 is 0 Å². The van der Waals surface area contributed by atoms with E-state index in [1.807, 2.05) is 0 Å². The third-order valence-corrected chi connectivity index (χ3v) is 4.54. The average molecular weight is 243 g/mol. The molecule has 0 aromatic heterocycles. The number of aryl methyl sites for hydroxylation is 2. The van der Waals surface area contributed by atoms with Gasteiger partial charge in [-0.05, 0) is 67.7 Å². The molecule has 0 spiro atoms. The van der Waals surface area contributed by atoms with E-state index in [0.29, 0.717) is 0 Å². The number of benzene rings is 1. The van der Waals surface area contributed by atoms with E-state index >= 15 is 0 Å². The molecule has 1 unspecified atom stereocenters. The highest BCUT2D eigenvalue weighted by molar-refractivity contribution is 5.35. The molecule has 1 nitrogen and oxygen atoms in total. The molecule has 2 aliphatic carbocycles. The van der Waals surface area contributed by atoms with Gasteiger partial charge >= 0.3 is 0 Å². The fraction of sp³-hybridized carbons (Fsp3) is 0.647. The van der Waals surface area contributed by atoms with Gasteiger partial charge in [0, 0.05) is 6.04 Å². The van der Waals surface area contributed by atoms with Crippen molar-refractivity contribution in [3.05, 3.63) is 34.9 Å². The normalized spacial score (nSPS) is 19.8. The summed E-state index contributed by atoms with van der Waals surface area (Å²) in [5.41, 5.74) is 4.78. The molecule has 0 bridgehead atoms. The fourth-order valence-electron chi connectivity index (χ4n) is 3.07. The minimum absolute atomic E-state index is 0.810. The van der Waals surface area contributed by atoms with Gasteiger partial charge in [0.05, 0.1) is 0 Å². The molecule has 0 heterocycles. The van der Waals surface area contributed by atoms with Crippen LogP contribution in [0, 0.1) is 5.92 Å². The molecular formula is C17H25N. The average Bonchev–Trinajstić information content (AvgIpc) is 3.10. The summed E-state index contributed by atoms with van der Waals surface area (Å²) < 4.78 is 0. The molecule has 0 saturated heterocycles. The van der Waals surface area contributed by atoms with Gasteiger partial charge in [0.1, 0.15) is 0 Å². The number of hydrogen-bond acceptors (Lipinski definition) is 1. The zero-order valence-electron chi connectivity index (χ0n) is 11.5. The second kappa shape index (κ2) is 5.44. The van der Waals surface area contributed by atoms with Crippen molar-refractivity contribution in [1.82, 2.24) is 5.32 Å². The Labute approximate surface area is 111 Å². The topological polar surface area (TPSA) is 12.0 Å². The van der Waals surface area contributed by atoms with Crippen molar-refractivity contribution in [3.8, 4) is 0 Å². The molecule has 1 heteroatoms. The van der Waals surface area contributed by atoms with E-state index in [1.165, 1.54) is 51.5 Å². The van der Waals surface area contributed by atoms with E-state index in [9.17, 15) is 0 Å². The highest BCUT2D eigenvalue weighted by atomic mass is 14.9. The Hall–Kier alpha value is -0.820. The smallest absolute Gasteiger partial charge is 0.00683 e. The molecule has 1 aromatic carbocycles. The highest BCUT2D eigenvalue weighted by Crippen LogP contribution is 2.25. The van der Waals surface area contributed by atoms with Crippen molar-refractivity contribution in [1.29, 1.82) is 0 Å². The minimum atomic E-state index is 0.810. The van der Waals surface area contributed by atoms with Gasteiger partial charge in [0.15, 0.2) is 0 Å². The molecular weight excluding hydrogens is 218 g/mol. The lowest BCUT2D eigenvalue weighted by molar-refractivity contribution is 0.458. The summed E-state index contributed by atoms with van der Waals surface area (Å²) in [6.07, 6.45) is 9.31. The van der Waals surface area contributed by atoms with E-state index in [1.54, 1.807) is 16.7 Å². The Morgan fingerprint density at radius 1 is 1.22 bits per heavy atom. The Morgan fingerprint density at radius 2 is 2.06 bits per heavy atom. The first kappa shape index (κ1) is 12.2. The minimum Gasteiger partial charge on any atom is -0.314 e. The van der Waals surface area contributed by atoms with Crippen LogP contribution in [0.5, 0.6) is 0 Å². The molecule has 1 atom stereocenters. The van der Waals surface area contributed by atoms with Gasteiger partial charge < -0.3 is 5.32 Å². The summed E-state index contributed by atoms with van der Waals surface area (Å²) in [6, 6.07) is 8.06. The quantitative estimate of drug-likeness (QED) is 0.806. The van der Waals surface area contributed by atoms with E-state index in [4.69, 9.17) is 0 Å². The Kier molecular flexibility index (Phi) is 3.69. The van der Waals surface area contributed by atoms with Crippen molar-refractivity contribution >= 4 is 0 Å². The van der Waals surface area contributed by atoms with Gasteiger partial charge in [-0.1, -0.05) is 31.5 Å². The Bertz CT molecular complexity index is 406. The van der Waals surface area contributed by atoms with Crippen molar-refractivity contribution in [2.24, 2.45) is 5.92 Å². The first-order valence-corrected chi connectivity index (χ1v) is 7.69. The number of nitrogens with one attached hydrogen (secondary N) is 1. The predicted octanol–water partition coefficient (Wildman–Crippen LogP) is 3.50. The van der Waals surface area contributed by atoms with Crippen LogP contribution in [0.25, 0.3) is 0 Å². The Balaban J connectivity index is 1.59. The lowest BCUT2D eigenvalue weighted by Crippen LogP contribution is -2.25. The molecule has 1 N–H and O–H groups in total. The largest absolute Gasteiger partial charge is 0.314 e. The monoisotopic (exact) mass is 243 g/mol. The standard InChI is InChI=1S/C17H25N/c1-2-13(12-18-17-8-9-17)10-14-6-7-15-4-3-5-16(15)11-14/h6-7,11,13,17-18H,2-5,8-10,12H2,1H3. The van der Waals surface area contributed by atoms with Crippen LogP contribution < -0.4 is 5.32 Å². The maximum atomic E-state index is 3.68. The number of rotatable bonds is 6. The molecule has 3 rings (SSSR count). The van der Waals surface area contributed by atoms with Gasteiger partial charge in [-0.25, -0.2) is 0 Å². The second-order valence-electron chi connectivity index (χ2n) is 6.12. The van der Waals surface area contributed by atoms with Gasteiger partial charge in [-0.3, -0.25) is 0 Å². The van der Waals surface area contributed by atoms with Crippen LogP contribution in [0.4, 0.5) is 0 Å². The summed E-state index contributed by atoms with van der Waals surface area (Å²) in [6.45, 7) is 3.53. The van der Waals surface area contributed by atoms with Crippen molar-refractivity contribution in [3.63, 3.8) is 0 Å². The zero-order valence-corrected chi connectivity index (χ0v) is 11.5. The molecule has 98 valence electrons. The second-order valence-corrected chi connectivity index (χ2v) is 6.12. The van der Waals surface area contributed by atoms with Crippen LogP contribution in [-0.2, 0) is 19.3 Å². The third-order valence-electron chi connectivity index (χ3n) is 4.54. The van der Waals surface area contributed by atoms with Crippen LogP contribution in [0.15, 0.2) is 18.2 Å².